The third-order valence-electron chi connectivity index (χ3n) is 3.11. The van der Waals surface area contributed by atoms with E-state index < -0.39 is 11.6 Å². The van der Waals surface area contributed by atoms with Gasteiger partial charge in [-0.1, -0.05) is 19.8 Å². The molecule has 1 amide bonds. The molecule has 0 aromatic rings. The number of aliphatic hydroxyl groups is 1. The van der Waals surface area contributed by atoms with Crippen molar-refractivity contribution >= 4 is 5.91 Å². The van der Waals surface area contributed by atoms with E-state index in [2.05, 4.69) is 17.6 Å². The Labute approximate surface area is 105 Å². The van der Waals surface area contributed by atoms with Crippen molar-refractivity contribution in [3.05, 3.63) is 0 Å². The van der Waals surface area contributed by atoms with Crippen LogP contribution in [0.15, 0.2) is 0 Å². The average Bonchev–Trinajstić information content (AvgIpc) is 2.23. The van der Waals surface area contributed by atoms with Crippen LogP contribution in [0.3, 0.4) is 0 Å². The Hall–Kier alpha value is -0.610. The van der Waals surface area contributed by atoms with E-state index in [1.807, 2.05) is 20.8 Å². The van der Waals surface area contributed by atoms with Crippen molar-refractivity contribution < 1.29 is 9.90 Å². The molecule has 0 rings (SSSR count). The van der Waals surface area contributed by atoms with Crippen LogP contribution in [0.4, 0.5) is 0 Å². The van der Waals surface area contributed by atoms with Crippen LogP contribution in [0.5, 0.6) is 0 Å². The summed E-state index contributed by atoms with van der Waals surface area (Å²) in [5, 5.41) is 15.6. The Morgan fingerprint density at radius 1 is 1.29 bits per heavy atom. The number of hydrogen-bond donors (Lipinski definition) is 3. The van der Waals surface area contributed by atoms with E-state index in [9.17, 15) is 9.90 Å². The predicted octanol–water partition coefficient (Wildman–Crippen LogP) is 1.43. The Morgan fingerprint density at radius 2 is 1.88 bits per heavy atom. The molecule has 0 fully saturated rings. The maximum absolute atomic E-state index is 11.8. The number of rotatable bonds is 8. The number of carbonyl (C=O) groups is 1. The third-order valence-corrected chi connectivity index (χ3v) is 3.11. The average molecular weight is 244 g/mol. The smallest absolute Gasteiger partial charge is 0.236 e. The summed E-state index contributed by atoms with van der Waals surface area (Å²) in [5.41, 5.74) is -0.458. The summed E-state index contributed by atoms with van der Waals surface area (Å²) in [4.78, 5) is 11.8. The fourth-order valence-electron chi connectivity index (χ4n) is 1.48. The van der Waals surface area contributed by atoms with Gasteiger partial charge in [-0.2, -0.15) is 0 Å². The Bertz CT molecular complexity index is 227. The molecule has 0 aliphatic carbocycles. The number of carbonyl (C=O) groups excluding carboxylic acids is 1. The zero-order chi connectivity index (χ0) is 13.5. The molecule has 0 bridgehead atoms. The van der Waals surface area contributed by atoms with E-state index in [4.69, 9.17) is 0 Å². The van der Waals surface area contributed by atoms with Crippen LogP contribution in [0.25, 0.3) is 0 Å². The van der Waals surface area contributed by atoms with Crippen molar-refractivity contribution in [2.24, 2.45) is 0 Å². The van der Waals surface area contributed by atoms with Gasteiger partial charge in [0.25, 0.3) is 0 Å². The lowest BCUT2D eigenvalue weighted by Gasteiger charge is -2.32. The fourth-order valence-corrected chi connectivity index (χ4v) is 1.48. The lowest BCUT2D eigenvalue weighted by atomic mass is 9.97. The van der Waals surface area contributed by atoms with Gasteiger partial charge in [-0.15, -0.1) is 0 Å². The molecule has 4 nitrogen and oxygen atoms in total. The first-order chi connectivity index (χ1) is 7.81. The normalized spacial score (nSPS) is 15.4. The maximum Gasteiger partial charge on any atom is 0.236 e. The maximum atomic E-state index is 11.8. The van der Waals surface area contributed by atoms with Crippen LogP contribution in [0.2, 0.25) is 0 Å². The molecule has 0 heterocycles. The molecular weight excluding hydrogens is 216 g/mol. The van der Waals surface area contributed by atoms with E-state index in [1.165, 1.54) is 0 Å². The van der Waals surface area contributed by atoms with Gasteiger partial charge in [-0.3, -0.25) is 10.1 Å². The number of amides is 1. The summed E-state index contributed by atoms with van der Waals surface area (Å²) in [5.74, 6) is -0.00479. The molecule has 0 aliphatic heterocycles. The van der Waals surface area contributed by atoms with Gasteiger partial charge in [-0.05, 0) is 34.1 Å². The summed E-state index contributed by atoms with van der Waals surface area (Å²) >= 11 is 0. The number of aliphatic hydroxyl groups excluding tert-OH is 1. The Balaban J connectivity index is 3.97. The highest BCUT2D eigenvalue weighted by Crippen LogP contribution is 2.09. The second kappa shape index (κ2) is 7.67. The molecule has 2 unspecified atom stereocenters. The van der Waals surface area contributed by atoms with Gasteiger partial charge in [-0.25, -0.2) is 0 Å². The molecular formula is C13H28N2O2. The second-order valence-corrected chi connectivity index (χ2v) is 5.26. The number of hydrogen-bond acceptors (Lipinski definition) is 3. The molecule has 3 N–H and O–H groups in total. The molecule has 0 aliphatic rings. The number of nitrogens with one attached hydrogen (secondary N) is 2. The van der Waals surface area contributed by atoms with Crippen LogP contribution in [-0.4, -0.2) is 35.2 Å². The van der Waals surface area contributed by atoms with Crippen molar-refractivity contribution in [1.29, 1.82) is 0 Å². The first-order valence-corrected chi connectivity index (χ1v) is 6.54. The van der Waals surface area contributed by atoms with Crippen molar-refractivity contribution in [3.63, 3.8) is 0 Å². The van der Waals surface area contributed by atoms with Gasteiger partial charge in [0.15, 0.2) is 0 Å². The lowest BCUT2D eigenvalue weighted by Crippen LogP contribution is -2.56. The minimum absolute atomic E-state index is 0.00479. The van der Waals surface area contributed by atoms with E-state index in [0.29, 0.717) is 0 Å². The van der Waals surface area contributed by atoms with E-state index in [0.717, 1.165) is 25.8 Å². The van der Waals surface area contributed by atoms with Gasteiger partial charge in [0.2, 0.25) is 5.91 Å². The Morgan fingerprint density at radius 3 is 2.35 bits per heavy atom. The summed E-state index contributed by atoms with van der Waals surface area (Å²) < 4.78 is 0. The molecule has 0 aromatic heterocycles. The molecule has 4 heteroatoms. The van der Waals surface area contributed by atoms with Crippen molar-refractivity contribution in [3.8, 4) is 0 Å². The standard InChI is InChI=1S/C13H28N2O2/c1-6-7-8-9-14-12(17)10(2)15-13(4,5)11(3)16/h10-11,15-16H,6-9H2,1-5H3,(H,14,17). The second-order valence-electron chi connectivity index (χ2n) is 5.26. The zero-order valence-electron chi connectivity index (χ0n) is 11.8. The predicted molar refractivity (Wildman–Crippen MR) is 70.9 cm³/mol. The minimum atomic E-state index is -0.502. The highest BCUT2D eigenvalue weighted by molar-refractivity contribution is 5.81. The highest BCUT2D eigenvalue weighted by Gasteiger charge is 2.27. The molecule has 0 saturated carbocycles. The number of unbranched alkanes of at least 4 members (excludes halogenated alkanes) is 2. The van der Waals surface area contributed by atoms with Gasteiger partial charge in [0, 0.05) is 12.1 Å². The topological polar surface area (TPSA) is 61.4 Å². The van der Waals surface area contributed by atoms with Crippen LogP contribution < -0.4 is 10.6 Å². The quantitative estimate of drug-likeness (QED) is 0.566. The first kappa shape index (κ1) is 16.4. The van der Waals surface area contributed by atoms with Crippen molar-refractivity contribution in [1.82, 2.24) is 10.6 Å². The van der Waals surface area contributed by atoms with Crippen LogP contribution in [0.1, 0.15) is 53.9 Å². The molecule has 17 heavy (non-hydrogen) atoms. The van der Waals surface area contributed by atoms with Crippen LogP contribution in [0, 0.1) is 0 Å². The fraction of sp³-hybridized carbons (Fsp3) is 0.923. The summed E-state index contributed by atoms with van der Waals surface area (Å²) in [7, 11) is 0. The highest BCUT2D eigenvalue weighted by atomic mass is 16.3. The van der Waals surface area contributed by atoms with Crippen molar-refractivity contribution in [2.75, 3.05) is 6.54 Å². The third kappa shape index (κ3) is 6.64. The van der Waals surface area contributed by atoms with Gasteiger partial charge < -0.3 is 10.4 Å². The lowest BCUT2D eigenvalue weighted by molar-refractivity contribution is -0.123. The van der Waals surface area contributed by atoms with Gasteiger partial charge >= 0.3 is 0 Å². The molecule has 0 radical (unpaired) electrons. The molecule has 2 atom stereocenters. The van der Waals surface area contributed by atoms with E-state index in [-0.39, 0.29) is 11.9 Å². The largest absolute Gasteiger partial charge is 0.392 e. The molecule has 0 aromatic carbocycles. The zero-order valence-corrected chi connectivity index (χ0v) is 11.8. The van der Waals surface area contributed by atoms with Gasteiger partial charge in [0.05, 0.1) is 12.1 Å². The molecule has 0 saturated heterocycles. The first-order valence-electron chi connectivity index (χ1n) is 6.54. The van der Waals surface area contributed by atoms with E-state index >= 15 is 0 Å². The molecule has 102 valence electrons. The van der Waals surface area contributed by atoms with Crippen LogP contribution in [-0.2, 0) is 4.79 Å². The summed E-state index contributed by atoms with van der Waals surface area (Å²) in [6, 6.07) is -0.291. The van der Waals surface area contributed by atoms with Gasteiger partial charge in [0.1, 0.15) is 0 Å². The summed E-state index contributed by atoms with van der Waals surface area (Å²) in [6.45, 7) is 10.2. The Kier molecular flexibility index (Phi) is 7.39. The minimum Gasteiger partial charge on any atom is -0.392 e. The SMILES string of the molecule is CCCCCNC(=O)C(C)NC(C)(C)C(C)O. The van der Waals surface area contributed by atoms with Crippen LogP contribution >= 0.6 is 0 Å². The molecule has 0 spiro atoms. The summed E-state index contributed by atoms with van der Waals surface area (Å²) in [6.07, 6.45) is 2.81. The monoisotopic (exact) mass is 244 g/mol. The van der Waals surface area contributed by atoms with Crippen molar-refractivity contribution in [2.45, 2.75) is 71.6 Å². The van der Waals surface area contributed by atoms with E-state index in [1.54, 1.807) is 6.92 Å².